The first-order valence-corrected chi connectivity index (χ1v) is 4.95. The molecule has 0 saturated heterocycles. The van der Waals surface area contributed by atoms with Crippen molar-refractivity contribution in [3.8, 4) is 0 Å². The summed E-state index contributed by atoms with van der Waals surface area (Å²) < 4.78 is 0. The molecule has 0 amide bonds. The van der Waals surface area contributed by atoms with E-state index < -0.39 is 0 Å². The predicted octanol–water partition coefficient (Wildman–Crippen LogP) is 2.78. The van der Waals surface area contributed by atoms with E-state index in [9.17, 15) is 5.11 Å². The number of hydrogen-bond donors (Lipinski definition) is 1. The fourth-order valence-corrected chi connectivity index (χ4v) is 1.30. The number of pyridine rings is 1. The van der Waals surface area contributed by atoms with E-state index >= 15 is 0 Å². The zero-order valence-corrected chi connectivity index (χ0v) is 8.61. The van der Waals surface area contributed by atoms with E-state index in [0.717, 1.165) is 30.5 Å². The van der Waals surface area contributed by atoms with E-state index in [1.54, 1.807) is 6.20 Å². The maximum Gasteiger partial charge on any atom is 0.0805 e. The normalized spacial score (nSPS) is 12.4. The number of aliphatic hydroxyl groups is 1. The average molecular weight is 191 g/mol. The van der Waals surface area contributed by atoms with Crippen LogP contribution < -0.4 is 0 Å². The minimum Gasteiger partial charge on any atom is -0.388 e. The fourth-order valence-electron chi connectivity index (χ4n) is 1.30. The molecule has 0 aromatic carbocycles. The highest BCUT2D eigenvalue weighted by atomic mass is 16.3. The van der Waals surface area contributed by atoms with E-state index in [1.165, 1.54) is 0 Å². The minimum absolute atomic E-state index is 0.386. The van der Waals surface area contributed by atoms with Gasteiger partial charge in [0.15, 0.2) is 0 Å². The van der Waals surface area contributed by atoms with E-state index in [4.69, 9.17) is 0 Å². The highest BCUT2D eigenvalue weighted by Gasteiger charge is 2.06. The van der Waals surface area contributed by atoms with Crippen LogP contribution in [-0.2, 0) is 0 Å². The molecule has 1 aromatic rings. The number of aliphatic hydroxyl groups excluding tert-OH is 1. The molecule has 1 atom stereocenters. The Kier molecular flexibility index (Phi) is 4.33. The van der Waals surface area contributed by atoms with E-state index in [1.807, 2.05) is 25.1 Å². The number of rotatable bonds is 5. The zero-order valence-electron chi connectivity index (χ0n) is 8.61. The van der Waals surface area contributed by atoms with Crippen LogP contribution in [0.25, 0.3) is 0 Å². The molecule has 0 spiro atoms. The van der Waals surface area contributed by atoms with Gasteiger partial charge in [-0.3, -0.25) is 4.98 Å². The Bertz CT molecular complexity index is 279. The molecule has 0 aliphatic rings. The van der Waals surface area contributed by atoms with Gasteiger partial charge >= 0.3 is 0 Å². The van der Waals surface area contributed by atoms with Crippen LogP contribution in [0.1, 0.15) is 36.6 Å². The van der Waals surface area contributed by atoms with Crippen molar-refractivity contribution in [2.24, 2.45) is 0 Å². The van der Waals surface area contributed by atoms with Gasteiger partial charge in [0.2, 0.25) is 0 Å². The molecule has 1 N–H and O–H groups in total. The summed E-state index contributed by atoms with van der Waals surface area (Å²) >= 11 is 0. The van der Waals surface area contributed by atoms with E-state index in [-0.39, 0.29) is 6.10 Å². The van der Waals surface area contributed by atoms with Crippen molar-refractivity contribution < 1.29 is 5.11 Å². The predicted molar refractivity (Wildman–Crippen MR) is 58.0 cm³/mol. The number of hydrogen-bond acceptors (Lipinski definition) is 2. The van der Waals surface area contributed by atoms with Crippen molar-refractivity contribution in [1.82, 2.24) is 4.98 Å². The molecule has 0 aliphatic carbocycles. The fraction of sp³-hybridized carbons (Fsp3) is 0.417. The topological polar surface area (TPSA) is 33.1 Å². The summed E-state index contributed by atoms with van der Waals surface area (Å²) in [7, 11) is 0. The monoisotopic (exact) mass is 191 g/mol. The summed E-state index contributed by atoms with van der Waals surface area (Å²) in [5.41, 5.74) is 1.88. The van der Waals surface area contributed by atoms with Gasteiger partial charge in [0.1, 0.15) is 0 Å². The van der Waals surface area contributed by atoms with Gasteiger partial charge in [-0.25, -0.2) is 0 Å². The summed E-state index contributed by atoms with van der Waals surface area (Å²) in [6.07, 6.45) is 5.93. The molecule has 76 valence electrons. The van der Waals surface area contributed by atoms with Gasteiger partial charge in [-0.15, -0.1) is 6.58 Å². The summed E-state index contributed by atoms with van der Waals surface area (Å²) in [4.78, 5) is 4.15. The molecule has 0 fully saturated rings. The highest BCUT2D eigenvalue weighted by molar-refractivity contribution is 5.15. The molecule has 0 aliphatic heterocycles. The molecule has 1 aromatic heterocycles. The SMILES string of the molecule is C=CCCCC(O)c1ccc(C)nc1. The second kappa shape index (κ2) is 5.55. The molecule has 2 heteroatoms. The second-order valence-electron chi connectivity index (χ2n) is 3.47. The summed E-state index contributed by atoms with van der Waals surface area (Å²) in [6, 6.07) is 3.85. The Hall–Kier alpha value is -1.15. The van der Waals surface area contributed by atoms with Crippen molar-refractivity contribution in [2.75, 3.05) is 0 Å². The van der Waals surface area contributed by atoms with Gasteiger partial charge in [0, 0.05) is 11.9 Å². The number of nitrogens with zero attached hydrogens (tertiary/aromatic N) is 1. The summed E-state index contributed by atoms with van der Waals surface area (Å²) in [5.74, 6) is 0. The lowest BCUT2D eigenvalue weighted by molar-refractivity contribution is 0.164. The van der Waals surface area contributed by atoms with Crippen LogP contribution in [0.2, 0.25) is 0 Å². The van der Waals surface area contributed by atoms with Gasteiger partial charge in [-0.2, -0.15) is 0 Å². The second-order valence-corrected chi connectivity index (χ2v) is 3.47. The molecule has 0 radical (unpaired) electrons. The van der Waals surface area contributed by atoms with Crippen LogP contribution in [0.3, 0.4) is 0 Å². The molecule has 1 unspecified atom stereocenters. The molecule has 0 saturated carbocycles. The van der Waals surface area contributed by atoms with Gasteiger partial charge in [0.05, 0.1) is 6.10 Å². The number of aryl methyl sites for hydroxylation is 1. The smallest absolute Gasteiger partial charge is 0.0805 e. The molecular weight excluding hydrogens is 174 g/mol. The first-order valence-electron chi connectivity index (χ1n) is 4.95. The lowest BCUT2D eigenvalue weighted by Crippen LogP contribution is -1.98. The van der Waals surface area contributed by atoms with Crippen LogP contribution in [0, 0.1) is 6.92 Å². The van der Waals surface area contributed by atoms with Crippen molar-refractivity contribution in [1.29, 1.82) is 0 Å². The maximum absolute atomic E-state index is 9.76. The Morgan fingerprint density at radius 1 is 1.57 bits per heavy atom. The van der Waals surface area contributed by atoms with Crippen LogP contribution in [-0.4, -0.2) is 10.1 Å². The van der Waals surface area contributed by atoms with Crippen molar-refractivity contribution in [3.05, 3.63) is 42.2 Å². The van der Waals surface area contributed by atoms with Gasteiger partial charge in [-0.1, -0.05) is 12.1 Å². The Labute approximate surface area is 85.3 Å². The zero-order chi connectivity index (χ0) is 10.4. The molecule has 1 heterocycles. The Morgan fingerprint density at radius 2 is 2.36 bits per heavy atom. The third-order valence-electron chi connectivity index (χ3n) is 2.20. The molecular formula is C12H17NO. The number of aromatic nitrogens is 1. The molecule has 14 heavy (non-hydrogen) atoms. The average Bonchev–Trinajstić information content (AvgIpc) is 2.19. The minimum atomic E-state index is -0.386. The van der Waals surface area contributed by atoms with Crippen molar-refractivity contribution in [2.45, 2.75) is 32.3 Å². The highest BCUT2D eigenvalue weighted by Crippen LogP contribution is 2.18. The lowest BCUT2D eigenvalue weighted by Gasteiger charge is -2.09. The quantitative estimate of drug-likeness (QED) is 0.573. The van der Waals surface area contributed by atoms with E-state index in [2.05, 4.69) is 11.6 Å². The standard InChI is InChI=1S/C12H17NO/c1-3-4-5-6-12(14)11-8-7-10(2)13-9-11/h3,7-9,12,14H,1,4-6H2,2H3. The summed E-state index contributed by atoms with van der Waals surface area (Å²) in [6.45, 7) is 5.59. The Morgan fingerprint density at radius 3 is 2.93 bits per heavy atom. The molecule has 1 rings (SSSR count). The Balaban J connectivity index is 2.47. The van der Waals surface area contributed by atoms with E-state index in [0.29, 0.717) is 0 Å². The third kappa shape index (κ3) is 3.30. The summed E-state index contributed by atoms with van der Waals surface area (Å²) in [5, 5.41) is 9.76. The van der Waals surface area contributed by atoms with Gasteiger partial charge < -0.3 is 5.11 Å². The van der Waals surface area contributed by atoms with Gasteiger partial charge in [-0.05, 0) is 37.8 Å². The van der Waals surface area contributed by atoms with Crippen molar-refractivity contribution in [3.63, 3.8) is 0 Å². The van der Waals surface area contributed by atoms with Crippen LogP contribution in [0.4, 0.5) is 0 Å². The van der Waals surface area contributed by atoms with Crippen molar-refractivity contribution >= 4 is 0 Å². The first-order chi connectivity index (χ1) is 6.74. The third-order valence-corrected chi connectivity index (χ3v) is 2.20. The number of unbranched alkanes of at least 4 members (excludes halogenated alkanes) is 1. The first kappa shape index (κ1) is 10.9. The molecule has 0 bridgehead atoms. The van der Waals surface area contributed by atoms with Crippen LogP contribution >= 0.6 is 0 Å². The largest absolute Gasteiger partial charge is 0.388 e. The van der Waals surface area contributed by atoms with Gasteiger partial charge in [0.25, 0.3) is 0 Å². The van der Waals surface area contributed by atoms with Crippen LogP contribution in [0.15, 0.2) is 31.0 Å². The molecule has 2 nitrogen and oxygen atoms in total. The maximum atomic E-state index is 9.76. The van der Waals surface area contributed by atoms with Crippen LogP contribution in [0.5, 0.6) is 0 Å². The lowest BCUT2D eigenvalue weighted by atomic mass is 10.1. The number of allylic oxidation sites excluding steroid dienone is 1.